The highest BCUT2D eigenvalue weighted by molar-refractivity contribution is 7.07. The lowest BCUT2D eigenvalue weighted by Gasteiger charge is -2.30. The van der Waals surface area contributed by atoms with Gasteiger partial charge in [0, 0.05) is 38.9 Å². The van der Waals surface area contributed by atoms with Gasteiger partial charge >= 0.3 is 0 Å². The van der Waals surface area contributed by atoms with Gasteiger partial charge in [0.25, 0.3) is 0 Å². The molecule has 1 heterocycles. The van der Waals surface area contributed by atoms with Crippen molar-refractivity contribution in [2.75, 3.05) is 46.1 Å². The molecule has 1 rings (SSSR count). The summed E-state index contributed by atoms with van der Waals surface area (Å²) in [7, 11) is 0. The standard InChI is InChI=1S/C14H26N2O2S/c1-3-17-8-6-16(7-9-18-4-2)14(11-15)13-5-10-19-12-13/h5,10,12,14H,3-4,6-9,11,15H2,1-2H3. The van der Waals surface area contributed by atoms with Crippen molar-refractivity contribution in [2.24, 2.45) is 5.73 Å². The van der Waals surface area contributed by atoms with E-state index in [4.69, 9.17) is 15.2 Å². The minimum atomic E-state index is 0.257. The molecule has 0 radical (unpaired) electrons. The van der Waals surface area contributed by atoms with E-state index < -0.39 is 0 Å². The molecule has 0 aliphatic carbocycles. The van der Waals surface area contributed by atoms with E-state index in [0.29, 0.717) is 6.54 Å². The van der Waals surface area contributed by atoms with E-state index in [1.165, 1.54) is 5.56 Å². The van der Waals surface area contributed by atoms with Gasteiger partial charge in [0.1, 0.15) is 0 Å². The Kier molecular flexibility index (Phi) is 9.03. The Morgan fingerprint density at radius 1 is 1.21 bits per heavy atom. The highest BCUT2D eigenvalue weighted by Crippen LogP contribution is 2.21. The molecule has 110 valence electrons. The number of nitrogens with zero attached hydrogens (tertiary/aromatic N) is 1. The van der Waals surface area contributed by atoms with Gasteiger partial charge in [-0.25, -0.2) is 0 Å². The third kappa shape index (κ3) is 6.01. The molecular weight excluding hydrogens is 260 g/mol. The molecule has 4 nitrogen and oxygen atoms in total. The van der Waals surface area contributed by atoms with Crippen LogP contribution in [0.25, 0.3) is 0 Å². The summed E-state index contributed by atoms with van der Waals surface area (Å²) in [4.78, 5) is 2.35. The van der Waals surface area contributed by atoms with Gasteiger partial charge in [0.15, 0.2) is 0 Å². The quantitative estimate of drug-likeness (QED) is 0.633. The zero-order valence-corrected chi connectivity index (χ0v) is 12.8. The van der Waals surface area contributed by atoms with Crippen molar-refractivity contribution in [3.8, 4) is 0 Å². The Balaban J connectivity index is 2.57. The third-order valence-electron chi connectivity index (χ3n) is 3.05. The lowest BCUT2D eigenvalue weighted by atomic mass is 10.1. The number of rotatable bonds is 11. The predicted octanol–water partition coefficient (Wildman–Crippen LogP) is 2.12. The van der Waals surface area contributed by atoms with Crippen LogP contribution in [0.1, 0.15) is 25.5 Å². The predicted molar refractivity (Wildman–Crippen MR) is 80.7 cm³/mol. The molecule has 1 aromatic heterocycles. The first kappa shape index (κ1) is 16.6. The van der Waals surface area contributed by atoms with E-state index in [-0.39, 0.29) is 6.04 Å². The summed E-state index contributed by atoms with van der Waals surface area (Å²) < 4.78 is 10.9. The molecule has 0 amide bonds. The van der Waals surface area contributed by atoms with E-state index in [9.17, 15) is 0 Å². The number of thiophene rings is 1. The van der Waals surface area contributed by atoms with Gasteiger partial charge in [0.05, 0.1) is 13.2 Å². The Hall–Kier alpha value is -0.460. The van der Waals surface area contributed by atoms with E-state index in [1.54, 1.807) is 11.3 Å². The van der Waals surface area contributed by atoms with Crippen LogP contribution in [0.2, 0.25) is 0 Å². The van der Waals surface area contributed by atoms with Crippen LogP contribution >= 0.6 is 11.3 Å². The first-order valence-corrected chi connectivity index (χ1v) is 7.89. The highest BCUT2D eigenvalue weighted by Gasteiger charge is 2.19. The lowest BCUT2D eigenvalue weighted by molar-refractivity contribution is 0.0641. The van der Waals surface area contributed by atoms with Crippen molar-refractivity contribution in [1.82, 2.24) is 4.90 Å². The van der Waals surface area contributed by atoms with E-state index in [2.05, 4.69) is 21.7 Å². The number of ether oxygens (including phenoxy) is 2. The largest absolute Gasteiger partial charge is 0.380 e. The first-order valence-electron chi connectivity index (χ1n) is 6.95. The lowest BCUT2D eigenvalue weighted by Crippen LogP contribution is -2.38. The fourth-order valence-electron chi connectivity index (χ4n) is 2.04. The summed E-state index contributed by atoms with van der Waals surface area (Å²) in [6.07, 6.45) is 0. The van der Waals surface area contributed by atoms with E-state index >= 15 is 0 Å². The Bertz CT molecular complexity index is 296. The van der Waals surface area contributed by atoms with Crippen LogP contribution < -0.4 is 5.73 Å². The van der Waals surface area contributed by atoms with Gasteiger partial charge in [-0.05, 0) is 36.2 Å². The van der Waals surface area contributed by atoms with Crippen LogP contribution in [-0.2, 0) is 9.47 Å². The summed E-state index contributed by atoms with van der Waals surface area (Å²) in [5.41, 5.74) is 7.25. The molecule has 1 unspecified atom stereocenters. The van der Waals surface area contributed by atoms with Crippen molar-refractivity contribution in [3.05, 3.63) is 22.4 Å². The molecule has 0 spiro atoms. The summed E-state index contributed by atoms with van der Waals surface area (Å²) in [6.45, 7) is 9.42. The molecule has 0 aliphatic heterocycles. The molecule has 1 aromatic rings. The van der Waals surface area contributed by atoms with Crippen LogP contribution in [0, 0.1) is 0 Å². The van der Waals surface area contributed by atoms with Crippen molar-refractivity contribution in [2.45, 2.75) is 19.9 Å². The van der Waals surface area contributed by atoms with Crippen LogP contribution in [0.3, 0.4) is 0 Å². The Morgan fingerprint density at radius 3 is 2.26 bits per heavy atom. The normalized spacial score (nSPS) is 13.1. The van der Waals surface area contributed by atoms with Crippen molar-refractivity contribution < 1.29 is 9.47 Å². The fraction of sp³-hybridized carbons (Fsp3) is 0.714. The van der Waals surface area contributed by atoms with Crippen molar-refractivity contribution in [3.63, 3.8) is 0 Å². The van der Waals surface area contributed by atoms with Crippen molar-refractivity contribution >= 4 is 11.3 Å². The smallest absolute Gasteiger partial charge is 0.0593 e. The van der Waals surface area contributed by atoms with Gasteiger partial charge < -0.3 is 15.2 Å². The molecule has 0 saturated carbocycles. The third-order valence-corrected chi connectivity index (χ3v) is 3.75. The number of hydrogen-bond acceptors (Lipinski definition) is 5. The molecule has 19 heavy (non-hydrogen) atoms. The number of hydrogen-bond donors (Lipinski definition) is 1. The SMILES string of the molecule is CCOCCN(CCOCC)C(CN)c1ccsc1. The van der Waals surface area contributed by atoms with Gasteiger partial charge in [0.2, 0.25) is 0 Å². The van der Waals surface area contributed by atoms with Gasteiger partial charge in [-0.3, -0.25) is 4.90 Å². The fourth-order valence-corrected chi connectivity index (χ4v) is 2.74. The van der Waals surface area contributed by atoms with Gasteiger partial charge in [-0.15, -0.1) is 0 Å². The summed E-state index contributed by atoms with van der Waals surface area (Å²) in [5.74, 6) is 0. The molecule has 0 aliphatic rings. The summed E-state index contributed by atoms with van der Waals surface area (Å²) in [5, 5.41) is 4.27. The topological polar surface area (TPSA) is 47.7 Å². The molecule has 0 aromatic carbocycles. The Morgan fingerprint density at radius 2 is 1.84 bits per heavy atom. The van der Waals surface area contributed by atoms with Gasteiger partial charge in [-0.2, -0.15) is 11.3 Å². The molecule has 0 saturated heterocycles. The molecule has 2 N–H and O–H groups in total. The second kappa shape index (κ2) is 10.3. The second-order valence-corrected chi connectivity index (χ2v) is 5.02. The zero-order valence-electron chi connectivity index (χ0n) is 12.0. The molecule has 0 bridgehead atoms. The van der Waals surface area contributed by atoms with Crippen LogP contribution in [0.15, 0.2) is 16.8 Å². The molecular formula is C14H26N2O2S. The minimum Gasteiger partial charge on any atom is -0.380 e. The number of nitrogens with two attached hydrogens (primary N) is 1. The maximum Gasteiger partial charge on any atom is 0.0593 e. The van der Waals surface area contributed by atoms with E-state index in [0.717, 1.165) is 39.5 Å². The average molecular weight is 286 g/mol. The zero-order chi connectivity index (χ0) is 13.9. The average Bonchev–Trinajstić information content (AvgIpc) is 2.93. The van der Waals surface area contributed by atoms with E-state index in [1.807, 2.05) is 13.8 Å². The maximum absolute atomic E-state index is 5.95. The van der Waals surface area contributed by atoms with Crippen LogP contribution in [-0.4, -0.2) is 51.0 Å². The molecule has 0 fully saturated rings. The monoisotopic (exact) mass is 286 g/mol. The van der Waals surface area contributed by atoms with Gasteiger partial charge in [-0.1, -0.05) is 0 Å². The molecule has 5 heteroatoms. The minimum absolute atomic E-state index is 0.257. The summed E-state index contributed by atoms with van der Waals surface area (Å²) in [6, 6.07) is 2.41. The highest BCUT2D eigenvalue weighted by atomic mass is 32.1. The van der Waals surface area contributed by atoms with Crippen LogP contribution in [0.4, 0.5) is 0 Å². The van der Waals surface area contributed by atoms with Crippen LogP contribution in [0.5, 0.6) is 0 Å². The van der Waals surface area contributed by atoms with Crippen molar-refractivity contribution in [1.29, 1.82) is 0 Å². The Labute approximate surface area is 120 Å². The molecule has 1 atom stereocenters. The summed E-state index contributed by atoms with van der Waals surface area (Å²) >= 11 is 1.71. The maximum atomic E-state index is 5.95. The first-order chi connectivity index (χ1) is 9.33. The second-order valence-electron chi connectivity index (χ2n) is 4.24.